The lowest BCUT2D eigenvalue weighted by Crippen LogP contribution is -2.53. The first-order valence-electron chi connectivity index (χ1n) is 8.83. The molecule has 5 heteroatoms. The molecule has 1 heterocycles. The molecule has 1 unspecified atom stereocenters. The standard InChI is InChI=1S/C17H32N2O3/c1-3-15(13-20)18-8-10-19(11-9-18)17(21)12-14-4-6-16(22-2)7-5-14/h14-16,20H,3-13H2,1-2H3. The van der Waals surface area contributed by atoms with Gasteiger partial charge < -0.3 is 14.7 Å². The molecule has 0 radical (unpaired) electrons. The van der Waals surface area contributed by atoms with Crippen molar-refractivity contribution >= 4 is 5.91 Å². The van der Waals surface area contributed by atoms with Crippen molar-refractivity contribution in [1.82, 2.24) is 9.80 Å². The third kappa shape index (κ3) is 4.67. The van der Waals surface area contributed by atoms with Crippen LogP contribution >= 0.6 is 0 Å². The topological polar surface area (TPSA) is 53.0 Å². The molecular formula is C17H32N2O3. The molecular weight excluding hydrogens is 280 g/mol. The van der Waals surface area contributed by atoms with Crippen LogP contribution in [0, 0.1) is 5.92 Å². The Morgan fingerprint density at radius 3 is 2.32 bits per heavy atom. The summed E-state index contributed by atoms with van der Waals surface area (Å²) in [5.74, 6) is 0.857. The third-order valence-electron chi connectivity index (χ3n) is 5.46. The van der Waals surface area contributed by atoms with E-state index in [-0.39, 0.29) is 12.6 Å². The van der Waals surface area contributed by atoms with Crippen molar-refractivity contribution in [1.29, 1.82) is 0 Å². The van der Waals surface area contributed by atoms with Gasteiger partial charge >= 0.3 is 0 Å². The molecule has 22 heavy (non-hydrogen) atoms. The highest BCUT2D eigenvalue weighted by Gasteiger charge is 2.28. The van der Waals surface area contributed by atoms with E-state index in [0.717, 1.165) is 58.3 Å². The van der Waals surface area contributed by atoms with Crippen molar-refractivity contribution in [2.45, 2.75) is 57.6 Å². The van der Waals surface area contributed by atoms with Gasteiger partial charge in [-0.1, -0.05) is 6.92 Å². The Kier molecular flexibility index (Phi) is 7.12. The first kappa shape index (κ1) is 17.7. The number of ether oxygens (including phenoxy) is 1. The zero-order valence-corrected chi connectivity index (χ0v) is 14.2. The van der Waals surface area contributed by atoms with Gasteiger partial charge in [0.1, 0.15) is 0 Å². The molecule has 0 bridgehead atoms. The number of rotatable bonds is 6. The number of methoxy groups -OCH3 is 1. The van der Waals surface area contributed by atoms with Gasteiger partial charge in [-0.3, -0.25) is 9.69 Å². The Hall–Kier alpha value is -0.650. The lowest BCUT2D eigenvalue weighted by atomic mass is 9.85. The van der Waals surface area contributed by atoms with Crippen LogP contribution < -0.4 is 0 Å². The maximum Gasteiger partial charge on any atom is 0.222 e. The first-order valence-corrected chi connectivity index (χ1v) is 8.83. The Morgan fingerprint density at radius 1 is 1.18 bits per heavy atom. The minimum absolute atomic E-state index is 0.215. The molecule has 1 aliphatic carbocycles. The number of aliphatic hydroxyl groups is 1. The summed E-state index contributed by atoms with van der Waals surface area (Å²) in [7, 11) is 1.78. The molecule has 1 saturated heterocycles. The van der Waals surface area contributed by atoms with Crippen molar-refractivity contribution < 1.29 is 14.6 Å². The molecule has 0 aromatic heterocycles. The molecule has 1 atom stereocenters. The van der Waals surface area contributed by atoms with Gasteiger partial charge in [-0.05, 0) is 38.0 Å². The van der Waals surface area contributed by atoms with E-state index in [4.69, 9.17) is 4.74 Å². The van der Waals surface area contributed by atoms with Gasteiger partial charge in [0.05, 0.1) is 12.7 Å². The quantitative estimate of drug-likeness (QED) is 0.807. The normalized spacial score (nSPS) is 28.6. The molecule has 0 spiro atoms. The lowest BCUT2D eigenvalue weighted by Gasteiger charge is -2.39. The average Bonchev–Trinajstić information content (AvgIpc) is 2.57. The Balaban J connectivity index is 1.71. The minimum Gasteiger partial charge on any atom is -0.395 e. The minimum atomic E-state index is 0.215. The van der Waals surface area contributed by atoms with Crippen LogP contribution in [-0.4, -0.2) is 72.9 Å². The molecule has 2 aliphatic rings. The van der Waals surface area contributed by atoms with E-state index < -0.39 is 0 Å². The summed E-state index contributed by atoms with van der Waals surface area (Å²) in [6.07, 6.45) is 6.49. The number of aliphatic hydroxyl groups excluding tert-OH is 1. The molecule has 2 rings (SSSR count). The zero-order chi connectivity index (χ0) is 15.9. The SMILES string of the molecule is CCC(CO)N1CCN(C(=O)CC2CCC(OC)CC2)CC1. The molecule has 2 fully saturated rings. The number of carbonyl (C=O) groups is 1. The van der Waals surface area contributed by atoms with Gasteiger partial charge in [-0.15, -0.1) is 0 Å². The number of carbonyl (C=O) groups excluding carboxylic acids is 1. The maximum atomic E-state index is 12.5. The summed E-state index contributed by atoms with van der Waals surface area (Å²) in [5.41, 5.74) is 0. The average molecular weight is 312 g/mol. The second-order valence-corrected chi connectivity index (χ2v) is 6.74. The maximum absolute atomic E-state index is 12.5. The highest BCUT2D eigenvalue weighted by molar-refractivity contribution is 5.76. The van der Waals surface area contributed by atoms with E-state index >= 15 is 0 Å². The summed E-state index contributed by atoms with van der Waals surface area (Å²) in [6, 6.07) is 0.251. The summed E-state index contributed by atoms with van der Waals surface area (Å²) in [5, 5.41) is 9.38. The summed E-state index contributed by atoms with van der Waals surface area (Å²) in [6.45, 7) is 5.72. The van der Waals surface area contributed by atoms with E-state index in [9.17, 15) is 9.90 Å². The fourth-order valence-corrected chi connectivity index (χ4v) is 3.79. The van der Waals surface area contributed by atoms with Gasteiger partial charge in [0.25, 0.3) is 0 Å². The van der Waals surface area contributed by atoms with Crippen molar-refractivity contribution in [2.24, 2.45) is 5.92 Å². The summed E-state index contributed by atoms with van der Waals surface area (Å²) < 4.78 is 5.39. The van der Waals surface area contributed by atoms with Gasteiger partial charge in [0.2, 0.25) is 5.91 Å². The van der Waals surface area contributed by atoms with Crippen molar-refractivity contribution in [3.63, 3.8) is 0 Å². The predicted molar refractivity (Wildman–Crippen MR) is 86.7 cm³/mol. The first-order chi connectivity index (χ1) is 10.7. The molecule has 0 aromatic rings. The Labute approximate surface area is 134 Å². The highest BCUT2D eigenvalue weighted by atomic mass is 16.5. The zero-order valence-electron chi connectivity index (χ0n) is 14.2. The van der Waals surface area contributed by atoms with Crippen LogP contribution in [0.2, 0.25) is 0 Å². The molecule has 5 nitrogen and oxygen atoms in total. The monoisotopic (exact) mass is 312 g/mol. The molecule has 1 amide bonds. The van der Waals surface area contributed by atoms with E-state index in [2.05, 4.69) is 11.8 Å². The largest absolute Gasteiger partial charge is 0.395 e. The van der Waals surface area contributed by atoms with Crippen LogP contribution in [0.3, 0.4) is 0 Å². The van der Waals surface area contributed by atoms with Crippen LogP contribution in [0.4, 0.5) is 0 Å². The van der Waals surface area contributed by atoms with Crippen LogP contribution in [0.25, 0.3) is 0 Å². The molecule has 1 saturated carbocycles. The number of hydrogen-bond donors (Lipinski definition) is 1. The van der Waals surface area contributed by atoms with E-state index in [1.165, 1.54) is 0 Å². The lowest BCUT2D eigenvalue weighted by molar-refractivity contribution is -0.134. The highest BCUT2D eigenvalue weighted by Crippen LogP contribution is 2.28. The molecule has 128 valence electrons. The van der Waals surface area contributed by atoms with Gasteiger partial charge in [0, 0.05) is 45.8 Å². The van der Waals surface area contributed by atoms with Crippen LogP contribution in [-0.2, 0) is 9.53 Å². The molecule has 0 aromatic carbocycles. The smallest absolute Gasteiger partial charge is 0.222 e. The van der Waals surface area contributed by atoms with Crippen LogP contribution in [0.5, 0.6) is 0 Å². The molecule has 1 aliphatic heterocycles. The second kappa shape index (κ2) is 8.85. The summed E-state index contributed by atoms with van der Waals surface area (Å²) >= 11 is 0. The van der Waals surface area contributed by atoms with Gasteiger partial charge in [-0.25, -0.2) is 0 Å². The Morgan fingerprint density at radius 2 is 1.82 bits per heavy atom. The summed E-state index contributed by atoms with van der Waals surface area (Å²) in [4.78, 5) is 16.8. The predicted octanol–water partition coefficient (Wildman–Crippen LogP) is 1.50. The van der Waals surface area contributed by atoms with Crippen LogP contribution in [0.1, 0.15) is 45.4 Å². The van der Waals surface area contributed by atoms with Gasteiger partial charge in [-0.2, -0.15) is 0 Å². The number of amides is 1. The third-order valence-corrected chi connectivity index (χ3v) is 5.46. The number of piperazine rings is 1. The second-order valence-electron chi connectivity index (χ2n) is 6.74. The van der Waals surface area contributed by atoms with E-state index in [1.54, 1.807) is 7.11 Å². The van der Waals surface area contributed by atoms with Crippen LogP contribution in [0.15, 0.2) is 0 Å². The van der Waals surface area contributed by atoms with E-state index in [1.807, 2.05) is 4.90 Å². The van der Waals surface area contributed by atoms with Gasteiger partial charge in [0.15, 0.2) is 0 Å². The van der Waals surface area contributed by atoms with Crippen molar-refractivity contribution in [3.8, 4) is 0 Å². The molecule has 1 N–H and O–H groups in total. The van der Waals surface area contributed by atoms with Crippen molar-refractivity contribution in [2.75, 3.05) is 39.9 Å². The number of nitrogens with zero attached hydrogens (tertiary/aromatic N) is 2. The van der Waals surface area contributed by atoms with E-state index in [0.29, 0.717) is 24.3 Å². The fourth-order valence-electron chi connectivity index (χ4n) is 3.79. The number of hydrogen-bond acceptors (Lipinski definition) is 4. The Bertz CT molecular complexity index is 331. The fraction of sp³-hybridized carbons (Fsp3) is 0.941. The van der Waals surface area contributed by atoms with Crippen molar-refractivity contribution in [3.05, 3.63) is 0 Å².